The molecule has 1 aromatic heterocycles. The van der Waals surface area contributed by atoms with Crippen LogP contribution in [0.4, 0.5) is 11.4 Å². The van der Waals surface area contributed by atoms with E-state index in [0.717, 1.165) is 53.8 Å². The van der Waals surface area contributed by atoms with Gasteiger partial charge in [-0.25, -0.2) is 8.42 Å². The van der Waals surface area contributed by atoms with E-state index in [2.05, 4.69) is 19.8 Å². The van der Waals surface area contributed by atoms with Gasteiger partial charge < -0.3 is 4.90 Å². The molecule has 2 heterocycles. The Hall–Kier alpha value is -3.29. The first-order valence-electron chi connectivity index (χ1n) is 10.8. The van der Waals surface area contributed by atoms with Crippen molar-refractivity contribution in [3.05, 3.63) is 83.0 Å². The number of benzene rings is 3. The Balaban J connectivity index is 1.56. The van der Waals surface area contributed by atoms with Crippen molar-refractivity contribution in [3.63, 3.8) is 0 Å². The molecule has 1 saturated heterocycles. The number of nitrogens with one attached hydrogen (secondary N) is 2. The highest BCUT2D eigenvalue weighted by atomic mass is 35.5. The van der Waals surface area contributed by atoms with Gasteiger partial charge in [-0.1, -0.05) is 48.0 Å². The third-order valence-corrected chi connectivity index (χ3v) is 7.39. The van der Waals surface area contributed by atoms with E-state index in [1.54, 1.807) is 12.1 Å². The maximum Gasteiger partial charge on any atom is 0.261 e. The number of anilines is 2. The predicted octanol–water partition coefficient (Wildman–Crippen LogP) is 5.79. The number of sulfonamides is 1. The van der Waals surface area contributed by atoms with Crippen LogP contribution in [0, 0.1) is 0 Å². The Morgan fingerprint density at radius 2 is 1.70 bits per heavy atom. The molecule has 5 rings (SSSR count). The lowest BCUT2D eigenvalue weighted by molar-refractivity contribution is 0.601. The maximum absolute atomic E-state index is 13.1. The van der Waals surface area contributed by atoms with Crippen molar-refractivity contribution in [3.8, 4) is 0 Å². The number of hydrogen-bond donors (Lipinski definition) is 2. The molecule has 1 fully saturated rings. The Bertz CT molecular complexity index is 1410. The number of aromatic nitrogens is 2. The van der Waals surface area contributed by atoms with Crippen LogP contribution in [0.25, 0.3) is 23.1 Å². The van der Waals surface area contributed by atoms with E-state index in [4.69, 9.17) is 11.6 Å². The lowest BCUT2D eigenvalue weighted by Crippen LogP contribution is -2.21. The smallest absolute Gasteiger partial charge is 0.261 e. The predicted molar refractivity (Wildman–Crippen MR) is 135 cm³/mol. The molecule has 0 atom stereocenters. The summed E-state index contributed by atoms with van der Waals surface area (Å²) in [5, 5.41) is 8.89. The fourth-order valence-corrected chi connectivity index (χ4v) is 5.25. The van der Waals surface area contributed by atoms with Crippen LogP contribution in [0.2, 0.25) is 5.02 Å². The first-order chi connectivity index (χ1) is 16.0. The first kappa shape index (κ1) is 21.6. The molecule has 0 aliphatic carbocycles. The van der Waals surface area contributed by atoms with Crippen LogP contribution in [-0.2, 0) is 10.0 Å². The van der Waals surface area contributed by atoms with Gasteiger partial charge in [0.1, 0.15) is 0 Å². The van der Waals surface area contributed by atoms with Crippen molar-refractivity contribution >= 4 is 56.1 Å². The number of rotatable bonds is 6. The molecule has 2 N–H and O–H groups in total. The SMILES string of the molecule is O=S(=O)(Nc1cc2c(C=Cc3ccccc3)n[nH]c2cc1N1CCCC1)c1ccc(Cl)cc1. The molecule has 1 aliphatic rings. The van der Waals surface area contributed by atoms with Crippen LogP contribution in [0.15, 0.2) is 71.6 Å². The summed E-state index contributed by atoms with van der Waals surface area (Å²) in [7, 11) is -3.79. The van der Waals surface area contributed by atoms with Crippen LogP contribution in [0.5, 0.6) is 0 Å². The van der Waals surface area contributed by atoms with Crippen LogP contribution >= 0.6 is 11.6 Å². The molecule has 6 nitrogen and oxygen atoms in total. The highest BCUT2D eigenvalue weighted by Gasteiger charge is 2.22. The minimum Gasteiger partial charge on any atom is -0.370 e. The molecule has 0 amide bonds. The highest BCUT2D eigenvalue weighted by Crippen LogP contribution is 2.35. The van der Waals surface area contributed by atoms with E-state index in [9.17, 15) is 8.42 Å². The third-order valence-electron chi connectivity index (χ3n) is 5.76. The number of hydrogen-bond acceptors (Lipinski definition) is 4. The Morgan fingerprint density at radius 3 is 2.42 bits per heavy atom. The van der Waals surface area contributed by atoms with Crippen molar-refractivity contribution < 1.29 is 8.42 Å². The topological polar surface area (TPSA) is 78.1 Å². The van der Waals surface area contributed by atoms with Crippen LogP contribution in [-0.4, -0.2) is 31.7 Å². The van der Waals surface area contributed by atoms with Gasteiger partial charge in [-0.05, 0) is 60.9 Å². The quantitative estimate of drug-likeness (QED) is 0.368. The molecular formula is C25H23ClN4O2S. The summed E-state index contributed by atoms with van der Waals surface area (Å²) >= 11 is 5.94. The Labute approximate surface area is 197 Å². The van der Waals surface area contributed by atoms with Gasteiger partial charge in [0.2, 0.25) is 0 Å². The van der Waals surface area contributed by atoms with Crippen molar-refractivity contribution in [2.45, 2.75) is 17.7 Å². The van der Waals surface area contributed by atoms with Gasteiger partial charge >= 0.3 is 0 Å². The molecular weight excluding hydrogens is 456 g/mol. The lowest BCUT2D eigenvalue weighted by Gasteiger charge is -2.22. The molecule has 0 spiro atoms. The molecule has 0 bridgehead atoms. The van der Waals surface area contributed by atoms with Crippen molar-refractivity contribution in [2.75, 3.05) is 22.7 Å². The minimum atomic E-state index is -3.79. The Morgan fingerprint density at radius 1 is 0.970 bits per heavy atom. The third kappa shape index (κ3) is 4.60. The number of H-pyrrole nitrogens is 1. The maximum atomic E-state index is 13.1. The second-order valence-corrected chi connectivity index (χ2v) is 10.1. The van der Waals surface area contributed by atoms with E-state index in [-0.39, 0.29) is 4.90 Å². The second-order valence-electron chi connectivity index (χ2n) is 8.02. The van der Waals surface area contributed by atoms with Crippen LogP contribution < -0.4 is 9.62 Å². The molecule has 0 radical (unpaired) electrons. The monoisotopic (exact) mass is 478 g/mol. The van der Waals surface area contributed by atoms with E-state index in [1.807, 2.05) is 54.6 Å². The average molecular weight is 479 g/mol. The fraction of sp³-hybridized carbons (Fsp3) is 0.160. The zero-order chi connectivity index (χ0) is 22.8. The zero-order valence-corrected chi connectivity index (χ0v) is 19.4. The van der Waals surface area contributed by atoms with Crippen molar-refractivity contribution in [2.24, 2.45) is 0 Å². The van der Waals surface area contributed by atoms with E-state index in [0.29, 0.717) is 10.7 Å². The first-order valence-corrected chi connectivity index (χ1v) is 12.6. The summed E-state index contributed by atoms with van der Waals surface area (Å²) in [5.41, 5.74) is 4.05. The molecule has 0 saturated carbocycles. The van der Waals surface area contributed by atoms with Gasteiger partial charge in [0.05, 0.1) is 27.5 Å². The van der Waals surface area contributed by atoms with Gasteiger partial charge in [-0.2, -0.15) is 5.10 Å². The Kier molecular flexibility index (Phi) is 5.83. The van der Waals surface area contributed by atoms with E-state index >= 15 is 0 Å². The number of aromatic amines is 1. The molecule has 8 heteroatoms. The number of nitrogens with zero attached hydrogens (tertiary/aromatic N) is 2. The molecule has 33 heavy (non-hydrogen) atoms. The standard InChI is InChI=1S/C25H23ClN4O2S/c26-19-9-11-20(12-10-19)33(31,32)29-24-16-21-22(13-8-18-6-2-1-3-7-18)27-28-23(21)17-25(24)30-14-4-5-15-30/h1-3,6-13,16-17,29H,4-5,14-15H2,(H,27,28). The zero-order valence-electron chi connectivity index (χ0n) is 17.8. The molecule has 1 aliphatic heterocycles. The van der Waals surface area contributed by atoms with Crippen LogP contribution in [0.1, 0.15) is 24.1 Å². The number of halogens is 1. The average Bonchev–Trinajstić information content (AvgIpc) is 3.48. The van der Waals surface area contributed by atoms with Crippen molar-refractivity contribution in [1.29, 1.82) is 0 Å². The van der Waals surface area contributed by atoms with E-state index < -0.39 is 10.0 Å². The van der Waals surface area contributed by atoms with Gasteiger partial charge in [0, 0.05) is 23.5 Å². The van der Waals surface area contributed by atoms with Crippen LogP contribution in [0.3, 0.4) is 0 Å². The normalized spacial score (nSPS) is 14.4. The van der Waals surface area contributed by atoms with Gasteiger partial charge in [0.15, 0.2) is 0 Å². The summed E-state index contributed by atoms with van der Waals surface area (Å²) in [6.07, 6.45) is 6.08. The van der Waals surface area contributed by atoms with E-state index in [1.165, 1.54) is 12.1 Å². The van der Waals surface area contributed by atoms with Gasteiger partial charge in [-0.15, -0.1) is 0 Å². The number of fused-ring (bicyclic) bond motifs is 1. The van der Waals surface area contributed by atoms with Gasteiger partial charge in [0.25, 0.3) is 10.0 Å². The summed E-state index contributed by atoms with van der Waals surface area (Å²) < 4.78 is 29.1. The molecule has 0 unspecified atom stereocenters. The molecule has 168 valence electrons. The summed E-state index contributed by atoms with van der Waals surface area (Å²) in [5.74, 6) is 0. The van der Waals surface area contributed by atoms with Gasteiger partial charge in [-0.3, -0.25) is 9.82 Å². The molecule has 4 aromatic rings. The van der Waals surface area contributed by atoms with Crippen molar-refractivity contribution in [1.82, 2.24) is 10.2 Å². The molecule has 3 aromatic carbocycles. The summed E-state index contributed by atoms with van der Waals surface area (Å²) in [6.45, 7) is 1.77. The lowest BCUT2D eigenvalue weighted by atomic mass is 10.1. The summed E-state index contributed by atoms with van der Waals surface area (Å²) in [6, 6.07) is 20.0. The fourth-order valence-electron chi connectivity index (χ4n) is 4.06. The highest BCUT2D eigenvalue weighted by molar-refractivity contribution is 7.92. The minimum absolute atomic E-state index is 0.163. The largest absolute Gasteiger partial charge is 0.370 e. The summed E-state index contributed by atoms with van der Waals surface area (Å²) in [4.78, 5) is 2.37. The second kappa shape index (κ2) is 8.92.